The summed E-state index contributed by atoms with van der Waals surface area (Å²) in [6.45, 7) is 6.55. The van der Waals surface area contributed by atoms with E-state index in [0.29, 0.717) is 5.92 Å². The van der Waals surface area contributed by atoms with E-state index in [1.54, 1.807) is 0 Å². The van der Waals surface area contributed by atoms with Crippen molar-refractivity contribution in [2.45, 2.75) is 20.4 Å². The molecule has 2 heterocycles. The highest BCUT2D eigenvalue weighted by Gasteiger charge is 2.35. The molecular formula is C13H20BrN3O2. The summed E-state index contributed by atoms with van der Waals surface area (Å²) in [6, 6.07) is 0. The zero-order chi connectivity index (χ0) is 14.2. The minimum atomic E-state index is -0.102. The maximum absolute atomic E-state index is 11.7. The number of likely N-dealkylation sites (tertiary alicyclic amines) is 1. The molecule has 0 aromatic carbocycles. The lowest BCUT2D eigenvalue weighted by Gasteiger charge is -2.15. The average Bonchev–Trinajstić information content (AvgIpc) is 2.84. The van der Waals surface area contributed by atoms with Crippen molar-refractivity contribution < 1.29 is 9.53 Å². The number of aromatic nitrogens is 2. The van der Waals surface area contributed by atoms with Gasteiger partial charge in [0.2, 0.25) is 0 Å². The fourth-order valence-corrected chi connectivity index (χ4v) is 3.18. The van der Waals surface area contributed by atoms with E-state index in [-0.39, 0.29) is 11.9 Å². The predicted molar refractivity (Wildman–Crippen MR) is 75.6 cm³/mol. The van der Waals surface area contributed by atoms with Crippen molar-refractivity contribution in [3.63, 3.8) is 0 Å². The van der Waals surface area contributed by atoms with E-state index in [1.165, 1.54) is 7.11 Å². The van der Waals surface area contributed by atoms with Gasteiger partial charge in [0.15, 0.2) is 0 Å². The molecule has 1 fully saturated rings. The Hall–Kier alpha value is -0.880. The molecule has 0 aliphatic carbocycles. The van der Waals surface area contributed by atoms with Crippen molar-refractivity contribution in [3.8, 4) is 0 Å². The predicted octanol–water partition coefficient (Wildman–Crippen LogP) is 1.73. The largest absolute Gasteiger partial charge is 0.469 e. The monoisotopic (exact) mass is 329 g/mol. The van der Waals surface area contributed by atoms with E-state index in [2.05, 4.69) is 32.9 Å². The summed E-state index contributed by atoms with van der Waals surface area (Å²) in [5, 5.41) is 4.39. The van der Waals surface area contributed by atoms with Crippen LogP contribution in [0, 0.1) is 18.8 Å². The first-order chi connectivity index (χ1) is 8.93. The van der Waals surface area contributed by atoms with Crippen LogP contribution in [0.4, 0.5) is 0 Å². The summed E-state index contributed by atoms with van der Waals surface area (Å²) < 4.78 is 7.82. The molecule has 0 radical (unpaired) electrons. The van der Waals surface area contributed by atoms with Gasteiger partial charge in [-0.3, -0.25) is 14.4 Å². The molecule has 19 heavy (non-hydrogen) atoms. The van der Waals surface area contributed by atoms with E-state index >= 15 is 0 Å². The van der Waals surface area contributed by atoms with Crippen LogP contribution in [0.15, 0.2) is 4.47 Å². The molecule has 1 aliphatic heterocycles. The second kappa shape index (κ2) is 5.63. The standard InChI is InChI=1S/C13H20BrN3O2/c1-8-5-17(6-10(8)13(18)19-4)7-11-12(14)9(2)15-16(11)3/h8,10H,5-7H2,1-4H3. The van der Waals surface area contributed by atoms with Gasteiger partial charge in [-0.05, 0) is 28.8 Å². The van der Waals surface area contributed by atoms with Gasteiger partial charge in [0.1, 0.15) is 0 Å². The van der Waals surface area contributed by atoms with Crippen molar-refractivity contribution >= 4 is 21.9 Å². The zero-order valence-electron chi connectivity index (χ0n) is 11.8. The molecule has 106 valence electrons. The topological polar surface area (TPSA) is 47.4 Å². The Kier molecular flexibility index (Phi) is 4.30. The fourth-order valence-electron chi connectivity index (χ4n) is 2.72. The van der Waals surface area contributed by atoms with E-state index in [9.17, 15) is 4.79 Å². The van der Waals surface area contributed by atoms with Gasteiger partial charge in [0, 0.05) is 26.7 Å². The highest BCUT2D eigenvalue weighted by atomic mass is 79.9. The summed E-state index contributed by atoms with van der Waals surface area (Å²) >= 11 is 3.58. The van der Waals surface area contributed by atoms with Gasteiger partial charge in [-0.25, -0.2) is 0 Å². The molecular weight excluding hydrogens is 310 g/mol. The number of aryl methyl sites for hydroxylation is 2. The van der Waals surface area contributed by atoms with Gasteiger partial charge in [-0.15, -0.1) is 0 Å². The Bertz CT molecular complexity index is 486. The molecule has 1 saturated heterocycles. The lowest BCUT2D eigenvalue weighted by atomic mass is 9.99. The number of hydrogen-bond acceptors (Lipinski definition) is 4. The number of esters is 1. The van der Waals surface area contributed by atoms with Crippen LogP contribution in [0.1, 0.15) is 18.3 Å². The molecule has 0 N–H and O–H groups in total. The van der Waals surface area contributed by atoms with Gasteiger partial charge < -0.3 is 4.74 Å². The number of rotatable bonds is 3. The van der Waals surface area contributed by atoms with E-state index in [0.717, 1.165) is 35.5 Å². The second-order valence-corrected chi connectivity index (χ2v) is 6.06. The van der Waals surface area contributed by atoms with Crippen LogP contribution in [-0.2, 0) is 23.1 Å². The summed E-state index contributed by atoms with van der Waals surface area (Å²) in [7, 11) is 3.41. The fraction of sp³-hybridized carbons (Fsp3) is 0.692. The lowest BCUT2D eigenvalue weighted by molar-refractivity contribution is -0.146. The van der Waals surface area contributed by atoms with Crippen molar-refractivity contribution in [1.82, 2.24) is 14.7 Å². The number of ether oxygens (including phenoxy) is 1. The summed E-state index contributed by atoms with van der Waals surface area (Å²) in [6.07, 6.45) is 0. The van der Waals surface area contributed by atoms with Gasteiger partial charge in [0.25, 0.3) is 0 Å². The Balaban J connectivity index is 2.07. The minimum absolute atomic E-state index is 0.0156. The molecule has 1 aromatic rings. The maximum Gasteiger partial charge on any atom is 0.310 e. The first-order valence-electron chi connectivity index (χ1n) is 6.42. The van der Waals surface area contributed by atoms with Crippen molar-refractivity contribution in [2.24, 2.45) is 18.9 Å². The third kappa shape index (κ3) is 2.84. The molecule has 1 aliphatic rings. The van der Waals surface area contributed by atoms with Crippen molar-refractivity contribution in [2.75, 3.05) is 20.2 Å². The van der Waals surface area contributed by atoms with E-state index < -0.39 is 0 Å². The number of halogens is 1. The van der Waals surface area contributed by atoms with Crippen molar-refractivity contribution in [1.29, 1.82) is 0 Å². The molecule has 1 aromatic heterocycles. The molecule has 2 atom stereocenters. The second-order valence-electron chi connectivity index (χ2n) is 5.27. The third-order valence-electron chi connectivity index (χ3n) is 3.83. The van der Waals surface area contributed by atoms with E-state index in [1.807, 2.05) is 18.7 Å². The van der Waals surface area contributed by atoms with Gasteiger partial charge in [-0.1, -0.05) is 6.92 Å². The third-order valence-corrected chi connectivity index (χ3v) is 4.86. The van der Waals surface area contributed by atoms with Crippen LogP contribution in [0.5, 0.6) is 0 Å². The van der Waals surface area contributed by atoms with Gasteiger partial charge in [0.05, 0.1) is 28.9 Å². The first kappa shape index (κ1) is 14.5. The van der Waals surface area contributed by atoms with Crippen LogP contribution in [0.2, 0.25) is 0 Å². The molecule has 0 amide bonds. The Morgan fingerprint density at radius 2 is 2.21 bits per heavy atom. The van der Waals surface area contributed by atoms with Gasteiger partial charge >= 0.3 is 5.97 Å². The van der Waals surface area contributed by atoms with E-state index in [4.69, 9.17) is 4.74 Å². The smallest absolute Gasteiger partial charge is 0.310 e. The first-order valence-corrected chi connectivity index (χ1v) is 7.21. The Labute approximate surface area is 122 Å². The number of hydrogen-bond donors (Lipinski definition) is 0. The molecule has 0 bridgehead atoms. The van der Waals surface area contributed by atoms with Crippen LogP contribution < -0.4 is 0 Å². The normalized spacial score (nSPS) is 23.8. The SMILES string of the molecule is COC(=O)C1CN(Cc2c(Br)c(C)nn2C)CC1C. The lowest BCUT2D eigenvalue weighted by Crippen LogP contribution is -2.25. The molecule has 6 heteroatoms. The molecule has 5 nitrogen and oxygen atoms in total. The number of nitrogens with zero attached hydrogens (tertiary/aromatic N) is 3. The summed E-state index contributed by atoms with van der Waals surface area (Å²) in [5.74, 6) is 0.217. The molecule has 0 spiro atoms. The highest BCUT2D eigenvalue weighted by Crippen LogP contribution is 2.28. The number of methoxy groups -OCH3 is 1. The Morgan fingerprint density at radius 1 is 1.53 bits per heavy atom. The molecule has 2 rings (SSSR count). The molecule has 2 unspecified atom stereocenters. The van der Waals surface area contributed by atoms with Crippen LogP contribution >= 0.6 is 15.9 Å². The average molecular weight is 330 g/mol. The molecule has 0 saturated carbocycles. The number of carbonyl (C=O) groups is 1. The maximum atomic E-state index is 11.7. The van der Waals surface area contributed by atoms with Crippen LogP contribution in [0.25, 0.3) is 0 Å². The Morgan fingerprint density at radius 3 is 2.74 bits per heavy atom. The number of carbonyl (C=O) groups excluding carboxylic acids is 1. The highest BCUT2D eigenvalue weighted by molar-refractivity contribution is 9.10. The van der Waals surface area contributed by atoms with Crippen LogP contribution in [0.3, 0.4) is 0 Å². The van der Waals surface area contributed by atoms with Crippen molar-refractivity contribution in [3.05, 3.63) is 15.9 Å². The summed E-state index contributed by atoms with van der Waals surface area (Å²) in [5.41, 5.74) is 2.14. The van der Waals surface area contributed by atoms with Crippen LogP contribution in [-0.4, -0.2) is 40.8 Å². The quantitative estimate of drug-likeness (QED) is 0.792. The zero-order valence-corrected chi connectivity index (χ0v) is 13.4. The summed E-state index contributed by atoms with van der Waals surface area (Å²) in [4.78, 5) is 14.0. The minimum Gasteiger partial charge on any atom is -0.469 e. The van der Waals surface area contributed by atoms with Gasteiger partial charge in [-0.2, -0.15) is 5.10 Å².